The molecule has 0 unspecified atom stereocenters. The summed E-state index contributed by atoms with van der Waals surface area (Å²) in [5, 5.41) is 1.88. The number of fused-ring (bicyclic) bond motifs is 1. The van der Waals surface area contributed by atoms with Crippen LogP contribution in [0.2, 0.25) is 0 Å². The lowest BCUT2D eigenvalue weighted by molar-refractivity contribution is -0.278. The number of esters is 1. The molecular formula is C22H19F3O3. The quantitative estimate of drug-likeness (QED) is 0.538. The molecule has 3 aromatic carbocycles. The molecule has 0 radical (unpaired) electrons. The van der Waals surface area contributed by atoms with E-state index in [1.165, 1.54) is 31.2 Å². The van der Waals surface area contributed by atoms with E-state index in [4.69, 9.17) is 9.47 Å². The summed E-state index contributed by atoms with van der Waals surface area (Å²) in [7, 11) is 0.850. The average molecular weight is 388 g/mol. The first-order valence-corrected chi connectivity index (χ1v) is 8.67. The van der Waals surface area contributed by atoms with Gasteiger partial charge in [-0.3, -0.25) is 0 Å². The van der Waals surface area contributed by atoms with Crippen LogP contribution in [-0.2, 0) is 19.9 Å². The molecule has 0 heterocycles. The van der Waals surface area contributed by atoms with E-state index in [1.54, 1.807) is 18.2 Å². The fourth-order valence-corrected chi connectivity index (χ4v) is 3.16. The van der Waals surface area contributed by atoms with E-state index in [0.717, 1.165) is 17.9 Å². The molecule has 0 aliphatic heterocycles. The number of benzene rings is 3. The molecule has 3 nitrogen and oxygen atoms in total. The molecule has 146 valence electrons. The minimum absolute atomic E-state index is 0.333. The van der Waals surface area contributed by atoms with Gasteiger partial charge in [-0.1, -0.05) is 66.7 Å². The number of ether oxygens (including phenoxy) is 2. The minimum Gasteiger partial charge on any atom is -0.455 e. The molecule has 0 bridgehead atoms. The first-order valence-electron chi connectivity index (χ1n) is 8.67. The van der Waals surface area contributed by atoms with E-state index >= 15 is 0 Å². The fourth-order valence-electron chi connectivity index (χ4n) is 3.16. The van der Waals surface area contributed by atoms with E-state index < -0.39 is 23.9 Å². The highest BCUT2D eigenvalue weighted by molar-refractivity contribution is 5.84. The SMILES string of the molecule is CO[C@@](C(=O)O[C@@H](C)c1ccc2ccccc2c1)(c1ccccc1)C(F)(F)F. The van der Waals surface area contributed by atoms with Crippen LogP contribution in [0.1, 0.15) is 24.2 Å². The molecule has 0 aliphatic rings. The van der Waals surface area contributed by atoms with E-state index in [2.05, 4.69) is 0 Å². The van der Waals surface area contributed by atoms with Gasteiger partial charge in [0.25, 0.3) is 5.60 Å². The average Bonchev–Trinajstić information content (AvgIpc) is 2.68. The van der Waals surface area contributed by atoms with E-state index in [1.807, 2.05) is 30.3 Å². The Kier molecular flexibility index (Phi) is 5.42. The second kappa shape index (κ2) is 7.64. The van der Waals surface area contributed by atoms with Crippen LogP contribution >= 0.6 is 0 Å². The highest BCUT2D eigenvalue weighted by Gasteiger charge is 2.64. The molecular weight excluding hydrogens is 369 g/mol. The maximum Gasteiger partial charge on any atom is 0.432 e. The summed E-state index contributed by atoms with van der Waals surface area (Å²) in [6.07, 6.45) is -5.89. The van der Waals surface area contributed by atoms with Crippen molar-refractivity contribution in [2.24, 2.45) is 0 Å². The Morgan fingerprint density at radius 1 is 0.893 bits per heavy atom. The first kappa shape index (κ1) is 19.9. The van der Waals surface area contributed by atoms with Crippen molar-refractivity contribution in [1.82, 2.24) is 0 Å². The van der Waals surface area contributed by atoms with Gasteiger partial charge in [-0.15, -0.1) is 0 Å². The molecule has 0 spiro atoms. The lowest BCUT2D eigenvalue weighted by Gasteiger charge is -2.33. The van der Waals surface area contributed by atoms with Crippen LogP contribution in [0.25, 0.3) is 10.8 Å². The molecule has 3 rings (SSSR count). The Morgan fingerprint density at radius 3 is 2.11 bits per heavy atom. The van der Waals surface area contributed by atoms with Crippen molar-refractivity contribution in [3.8, 4) is 0 Å². The zero-order valence-corrected chi connectivity index (χ0v) is 15.4. The Labute approximate surface area is 160 Å². The maximum absolute atomic E-state index is 13.9. The molecule has 2 atom stereocenters. The summed E-state index contributed by atoms with van der Waals surface area (Å²) in [5.74, 6) is -1.51. The normalized spacial score (nSPS) is 15.0. The van der Waals surface area contributed by atoms with Gasteiger partial charge in [0, 0.05) is 12.7 Å². The number of methoxy groups -OCH3 is 1. The highest BCUT2D eigenvalue weighted by Crippen LogP contribution is 2.43. The zero-order chi connectivity index (χ0) is 20.4. The smallest absolute Gasteiger partial charge is 0.432 e. The lowest BCUT2D eigenvalue weighted by atomic mass is 9.92. The van der Waals surface area contributed by atoms with Crippen LogP contribution in [0, 0.1) is 0 Å². The molecule has 0 N–H and O–H groups in total. The predicted octanol–water partition coefficient (Wildman–Crippen LogP) is 5.55. The standard InChI is InChI=1S/C22H19F3O3/c1-15(17-13-12-16-8-6-7-9-18(16)14-17)28-20(26)21(27-2,22(23,24)25)19-10-4-3-5-11-19/h3-15H,1-2H3/t15-,21+/m0/s1. The molecule has 0 saturated heterocycles. The lowest BCUT2D eigenvalue weighted by Crippen LogP contribution is -2.51. The molecule has 0 aromatic heterocycles. The largest absolute Gasteiger partial charge is 0.455 e. The first-order chi connectivity index (χ1) is 13.3. The number of carbonyl (C=O) groups is 1. The van der Waals surface area contributed by atoms with Crippen LogP contribution in [0.4, 0.5) is 13.2 Å². The predicted molar refractivity (Wildman–Crippen MR) is 99.6 cm³/mol. The van der Waals surface area contributed by atoms with E-state index in [0.29, 0.717) is 5.56 Å². The van der Waals surface area contributed by atoms with Gasteiger partial charge in [-0.2, -0.15) is 13.2 Å². The summed E-state index contributed by atoms with van der Waals surface area (Å²) in [6, 6.07) is 19.7. The topological polar surface area (TPSA) is 35.5 Å². The van der Waals surface area contributed by atoms with Gasteiger partial charge in [0.1, 0.15) is 6.10 Å². The molecule has 6 heteroatoms. The van der Waals surface area contributed by atoms with Gasteiger partial charge in [-0.05, 0) is 29.3 Å². The maximum atomic E-state index is 13.9. The molecule has 3 aromatic rings. The molecule has 0 saturated carbocycles. The third kappa shape index (κ3) is 3.47. The summed E-state index contributed by atoms with van der Waals surface area (Å²) < 4.78 is 51.8. The van der Waals surface area contributed by atoms with Crippen LogP contribution < -0.4 is 0 Å². The Balaban J connectivity index is 1.95. The zero-order valence-electron chi connectivity index (χ0n) is 15.4. The van der Waals surface area contributed by atoms with Crippen LogP contribution in [0.5, 0.6) is 0 Å². The highest BCUT2D eigenvalue weighted by atomic mass is 19.4. The van der Waals surface area contributed by atoms with Gasteiger partial charge in [0.05, 0.1) is 0 Å². The van der Waals surface area contributed by atoms with Crippen LogP contribution in [0.3, 0.4) is 0 Å². The summed E-state index contributed by atoms with van der Waals surface area (Å²) in [5.41, 5.74) is -2.94. The van der Waals surface area contributed by atoms with Crippen molar-refractivity contribution in [3.05, 3.63) is 83.9 Å². The number of hydrogen-bond acceptors (Lipinski definition) is 3. The molecule has 0 fully saturated rings. The van der Waals surface area contributed by atoms with Crippen molar-refractivity contribution in [3.63, 3.8) is 0 Å². The van der Waals surface area contributed by atoms with Crippen molar-refractivity contribution in [2.75, 3.05) is 7.11 Å². The van der Waals surface area contributed by atoms with Gasteiger partial charge < -0.3 is 9.47 Å². The summed E-state index contributed by atoms with van der Waals surface area (Å²) in [6.45, 7) is 1.53. The number of alkyl halides is 3. The van der Waals surface area contributed by atoms with Crippen molar-refractivity contribution >= 4 is 16.7 Å². The number of hydrogen-bond donors (Lipinski definition) is 0. The van der Waals surface area contributed by atoms with Crippen molar-refractivity contribution in [2.45, 2.75) is 24.8 Å². The second-order valence-corrected chi connectivity index (χ2v) is 6.40. The third-order valence-corrected chi connectivity index (χ3v) is 4.70. The third-order valence-electron chi connectivity index (χ3n) is 4.70. The number of halogens is 3. The van der Waals surface area contributed by atoms with Crippen LogP contribution in [0.15, 0.2) is 72.8 Å². The Hall–Kier alpha value is -2.86. The minimum atomic E-state index is -5.00. The molecule has 0 amide bonds. The molecule has 0 aliphatic carbocycles. The number of rotatable bonds is 5. The van der Waals surface area contributed by atoms with Crippen molar-refractivity contribution in [1.29, 1.82) is 0 Å². The monoisotopic (exact) mass is 388 g/mol. The van der Waals surface area contributed by atoms with E-state index in [-0.39, 0.29) is 5.56 Å². The summed E-state index contributed by atoms with van der Waals surface area (Å²) >= 11 is 0. The summed E-state index contributed by atoms with van der Waals surface area (Å²) in [4.78, 5) is 12.7. The fraction of sp³-hybridized carbons (Fsp3) is 0.227. The van der Waals surface area contributed by atoms with Crippen molar-refractivity contribution < 1.29 is 27.4 Å². The number of carbonyl (C=O) groups excluding carboxylic acids is 1. The van der Waals surface area contributed by atoms with E-state index in [9.17, 15) is 18.0 Å². The van der Waals surface area contributed by atoms with Crippen LogP contribution in [-0.4, -0.2) is 19.3 Å². The van der Waals surface area contributed by atoms with Gasteiger partial charge in [-0.25, -0.2) is 4.79 Å². The van der Waals surface area contributed by atoms with Gasteiger partial charge in [0.15, 0.2) is 0 Å². The molecule has 28 heavy (non-hydrogen) atoms. The Morgan fingerprint density at radius 2 is 1.50 bits per heavy atom. The van der Waals surface area contributed by atoms with Gasteiger partial charge >= 0.3 is 12.1 Å². The Bertz CT molecular complexity index is 969. The van der Waals surface area contributed by atoms with Gasteiger partial charge in [0.2, 0.25) is 0 Å². The second-order valence-electron chi connectivity index (χ2n) is 6.40.